The Morgan fingerprint density at radius 2 is 1.50 bits per heavy atom. The van der Waals surface area contributed by atoms with Gasteiger partial charge in [0.2, 0.25) is 0 Å². The summed E-state index contributed by atoms with van der Waals surface area (Å²) in [6.07, 6.45) is -10.0. The van der Waals surface area contributed by atoms with Gasteiger partial charge in [-0.25, -0.2) is 4.39 Å². The van der Waals surface area contributed by atoms with Crippen LogP contribution in [0.3, 0.4) is 0 Å². The van der Waals surface area contributed by atoms with E-state index in [0.717, 1.165) is 29.8 Å². The number of carbonyl (C=O) groups excluding carboxylic acids is 1. The molecule has 0 saturated heterocycles. The van der Waals surface area contributed by atoms with Gasteiger partial charge >= 0.3 is 12.4 Å². The monoisotopic (exact) mass is 597 g/mol. The van der Waals surface area contributed by atoms with Gasteiger partial charge in [-0.3, -0.25) is 4.79 Å². The first-order chi connectivity index (χ1) is 17.7. The molecule has 0 saturated carbocycles. The van der Waals surface area contributed by atoms with Gasteiger partial charge in [0, 0.05) is 17.7 Å². The zero-order chi connectivity index (χ0) is 28.3. The van der Waals surface area contributed by atoms with Crippen LogP contribution in [0.15, 0.2) is 66.7 Å². The largest absolute Gasteiger partial charge is 0.417 e. The van der Waals surface area contributed by atoms with E-state index in [9.17, 15) is 35.5 Å². The summed E-state index contributed by atoms with van der Waals surface area (Å²) in [6.45, 7) is -0.245. The molecule has 2 nitrogen and oxygen atoms in total. The Hall–Kier alpha value is -2.59. The minimum absolute atomic E-state index is 0.105. The fourth-order valence-electron chi connectivity index (χ4n) is 3.56. The van der Waals surface area contributed by atoms with Crippen molar-refractivity contribution in [2.24, 2.45) is 0 Å². The number of benzene rings is 3. The molecule has 0 spiro atoms. The van der Waals surface area contributed by atoms with Crippen LogP contribution in [0.4, 0.5) is 30.7 Å². The Balaban J connectivity index is 1.93. The summed E-state index contributed by atoms with van der Waals surface area (Å²) in [5, 5.41) is 1.88. The van der Waals surface area contributed by atoms with Crippen molar-refractivity contribution in [1.29, 1.82) is 0 Å². The Kier molecular flexibility index (Phi) is 9.52. The lowest BCUT2D eigenvalue weighted by Gasteiger charge is -2.19. The molecule has 0 bridgehead atoms. The average molecular weight is 599 g/mol. The number of ketones is 1. The molecule has 1 unspecified atom stereocenters. The summed E-state index contributed by atoms with van der Waals surface area (Å²) < 4.78 is 97.5. The van der Waals surface area contributed by atoms with Crippen LogP contribution in [0.2, 0.25) is 15.1 Å². The molecule has 1 N–H and O–H groups in total. The third-order valence-electron chi connectivity index (χ3n) is 5.39. The predicted molar refractivity (Wildman–Crippen MR) is 133 cm³/mol. The number of rotatable bonds is 8. The molecule has 0 aromatic heterocycles. The normalized spacial score (nSPS) is 13.5. The highest BCUT2D eigenvalue weighted by molar-refractivity contribution is 6.48. The van der Waals surface area contributed by atoms with Crippen molar-refractivity contribution >= 4 is 46.4 Å². The van der Waals surface area contributed by atoms with Gasteiger partial charge in [0.25, 0.3) is 0 Å². The SMILES string of the molecule is O=C(CNCc1ccccc1)c1ccc(/C(F)=C/C(c2cc(Cl)c(Cl)c(Cl)c2)C(F)(F)F)cc1C(F)(F)F. The van der Waals surface area contributed by atoms with E-state index in [2.05, 4.69) is 5.32 Å². The average Bonchev–Trinajstić information content (AvgIpc) is 2.84. The van der Waals surface area contributed by atoms with Crippen molar-refractivity contribution in [3.63, 3.8) is 0 Å². The minimum Gasteiger partial charge on any atom is -0.306 e. The van der Waals surface area contributed by atoms with Gasteiger partial charge in [0.15, 0.2) is 5.78 Å². The second kappa shape index (κ2) is 12.1. The molecule has 0 fully saturated rings. The van der Waals surface area contributed by atoms with E-state index in [1.165, 1.54) is 0 Å². The number of alkyl halides is 6. The second-order valence-corrected chi connectivity index (χ2v) is 9.30. The first-order valence-electron chi connectivity index (χ1n) is 10.8. The molecular weight excluding hydrogens is 582 g/mol. The molecule has 0 heterocycles. The van der Waals surface area contributed by atoms with Crippen molar-refractivity contribution in [1.82, 2.24) is 5.32 Å². The molecule has 0 radical (unpaired) electrons. The van der Waals surface area contributed by atoms with Crippen molar-refractivity contribution in [2.45, 2.75) is 24.8 Å². The molecule has 202 valence electrons. The van der Waals surface area contributed by atoms with Gasteiger partial charge < -0.3 is 5.32 Å². The van der Waals surface area contributed by atoms with Gasteiger partial charge in [0.05, 0.1) is 27.2 Å². The molecule has 38 heavy (non-hydrogen) atoms. The predicted octanol–water partition coefficient (Wildman–Crippen LogP) is 9.29. The molecule has 3 aromatic rings. The van der Waals surface area contributed by atoms with Crippen LogP contribution in [-0.4, -0.2) is 18.5 Å². The maximum atomic E-state index is 15.0. The highest BCUT2D eigenvalue weighted by atomic mass is 35.5. The zero-order valence-electron chi connectivity index (χ0n) is 19.0. The number of Topliss-reactive ketones (excluding diaryl/α,β-unsaturated/α-hetero) is 1. The number of carbonyl (C=O) groups is 1. The van der Waals surface area contributed by atoms with Gasteiger partial charge in [0.1, 0.15) is 11.7 Å². The van der Waals surface area contributed by atoms with E-state index in [-0.39, 0.29) is 27.7 Å². The number of hydrogen-bond donors (Lipinski definition) is 1. The zero-order valence-corrected chi connectivity index (χ0v) is 21.3. The molecule has 0 aliphatic heterocycles. The molecule has 0 aliphatic carbocycles. The van der Waals surface area contributed by atoms with Crippen LogP contribution in [0.25, 0.3) is 5.83 Å². The van der Waals surface area contributed by atoms with E-state index in [0.29, 0.717) is 6.07 Å². The van der Waals surface area contributed by atoms with Crippen LogP contribution >= 0.6 is 34.8 Å². The van der Waals surface area contributed by atoms with Crippen LogP contribution < -0.4 is 5.32 Å². The maximum absolute atomic E-state index is 15.0. The van der Waals surface area contributed by atoms with E-state index in [4.69, 9.17) is 34.8 Å². The Bertz CT molecular complexity index is 1320. The lowest BCUT2D eigenvalue weighted by atomic mass is 9.95. The van der Waals surface area contributed by atoms with Gasteiger partial charge in [-0.05, 0) is 35.4 Å². The molecule has 3 aromatic carbocycles. The lowest BCUT2D eigenvalue weighted by Crippen LogP contribution is -2.25. The smallest absolute Gasteiger partial charge is 0.306 e. The quantitative estimate of drug-likeness (QED) is 0.159. The van der Waals surface area contributed by atoms with Crippen LogP contribution in [0, 0.1) is 0 Å². The molecule has 12 heteroatoms. The summed E-state index contributed by atoms with van der Waals surface area (Å²) >= 11 is 17.4. The number of halogens is 10. The highest BCUT2D eigenvalue weighted by Gasteiger charge is 2.41. The summed E-state index contributed by atoms with van der Waals surface area (Å²) in [5.41, 5.74) is -2.81. The number of allylic oxidation sites excluding steroid dienone is 1. The fraction of sp³-hybridized carbons (Fsp3) is 0.192. The van der Waals surface area contributed by atoms with Gasteiger partial charge in [-0.15, -0.1) is 0 Å². The van der Waals surface area contributed by atoms with E-state index >= 15 is 0 Å². The second-order valence-electron chi connectivity index (χ2n) is 8.10. The molecule has 1 atom stereocenters. The van der Waals surface area contributed by atoms with Crippen LogP contribution in [-0.2, 0) is 12.7 Å². The Morgan fingerprint density at radius 3 is 2.05 bits per heavy atom. The topological polar surface area (TPSA) is 29.1 Å². The van der Waals surface area contributed by atoms with E-state index in [1.54, 1.807) is 30.3 Å². The van der Waals surface area contributed by atoms with Crippen molar-refractivity contribution < 1.29 is 35.5 Å². The van der Waals surface area contributed by atoms with Gasteiger partial charge in [-0.2, -0.15) is 26.3 Å². The lowest BCUT2D eigenvalue weighted by molar-refractivity contribution is -0.140. The Morgan fingerprint density at radius 1 is 0.895 bits per heavy atom. The molecule has 0 amide bonds. The Labute approximate surface area is 228 Å². The first-order valence-corrected chi connectivity index (χ1v) is 11.9. The fourth-order valence-corrected chi connectivity index (χ4v) is 4.17. The van der Waals surface area contributed by atoms with Crippen molar-refractivity contribution in [3.8, 4) is 0 Å². The van der Waals surface area contributed by atoms with Crippen molar-refractivity contribution in [3.05, 3.63) is 110 Å². The van der Waals surface area contributed by atoms with Crippen molar-refractivity contribution in [2.75, 3.05) is 6.54 Å². The summed E-state index contributed by atoms with van der Waals surface area (Å²) in [4.78, 5) is 12.5. The van der Waals surface area contributed by atoms with E-state index in [1.807, 2.05) is 0 Å². The number of hydrogen-bond acceptors (Lipinski definition) is 2. The third-order valence-corrected chi connectivity index (χ3v) is 6.59. The van der Waals surface area contributed by atoms with E-state index < -0.39 is 58.7 Å². The third kappa shape index (κ3) is 7.50. The van der Waals surface area contributed by atoms with Crippen LogP contribution in [0.5, 0.6) is 0 Å². The van der Waals surface area contributed by atoms with Gasteiger partial charge in [-0.1, -0.05) is 77.3 Å². The minimum atomic E-state index is -5.08. The van der Waals surface area contributed by atoms with Crippen LogP contribution in [0.1, 0.15) is 38.5 Å². The first kappa shape index (κ1) is 30.0. The number of nitrogens with one attached hydrogen (secondary N) is 1. The summed E-state index contributed by atoms with van der Waals surface area (Å²) in [6, 6.07) is 12.3. The summed E-state index contributed by atoms with van der Waals surface area (Å²) in [5.74, 6) is -5.13. The molecule has 3 rings (SSSR count). The highest BCUT2D eigenvalue weighted by Crippen LogP contribution is 2.42. The molecular formula is C26H17Cl3F7NO. The maximum Gasteiger partial charge on any atom is 0.417 e. The molecule has 0 aliphatic rings. The standard InChI is InChI=1S/C26H17Cl3F7NO/c27-20-9-16(10-21(28)24(20)29)18(25(31,32)33)11-22(30)15-6-7-17(19(8-15)26(34,35)36)23(38)13-37-12-14-4-2-1-3-5-14/h1-11,18,37H,12-13H2/b22-11-. The summed E-state index contributed by atoms with van der Waals surface area (Å²) in [7, 11) is 0.